The Hall–Kier alpha value is -1.56. The molecule has 20 heavy (non-hydrogen) atoms. The van der Waals surface area contributed by atoms with Gasteiger partial charge in [-0.2, -0.15) is 0 Å². The van der Waals surface area contributed by atoms with Gasteiger partial charge < -0.3 is 15.5 Å². The average molecular weight is 340 g/mol. The van der Waals surface area contributed by atoms with E-state index in [1.807, 2.05) is 25.1 Å². The van der Waals surface area contributed by atoms with E-state index in [2.05, 4.69) is 26.6 Å². The Morgan fingerprint density at radius 2 is 2.30 bits per heavy atom. The number of halogens is 1. The van der Waals surface area contributed by atoms with Crippen LogP contribution in [0.1, 0.15) is 18.1 Å². The van der Waals surface area contributed by atoms with Gasteiger partial charge in [0.25, 0.3) is 0 Å². The first-order valence-corrected chi connectivity index (χ1v) is 7.35. The van der Waals surface area contributed by atoms with Gasteiger partial charge in [0.15, 0.2) is 0 Å². The fourth-order valence-electron chi connectivity index (χ4n) is 2.16. The van der Waals surface area contributed by atoms with Gasteiger partial charge >= 0.3 is 6.03 Å². The number of piperazine rings is 1. The third kappa shape index (κ3) is 3.30. The minimum Gasteiger partial charge on any atom is -0.353 e. The lowest BCUT2D eigenvalue weighted by atomic mass is 10.1. The minimum atomic E-state index is -0.424. The molecule has 0 bridgehead atoms. The van der Waals surface area contributed by atoms with Crippen molar-refractivity contribution in [2.45, 2.75) is 26.4 Å². The number of urea groups is 1. The Labute approximate surface area is 126 Å². The van der Waals surface area contributed by atoms with Crippen molar-refractivity contribution in [3.05, 3.63) is 33.8 Å². The molecule has 1 aromatic carbocycles. The zero-order valence-electron chi connectivity index (χ0n) is 11.6. The number of hydrogen-bond acceptors (Lipinski definition) is 2. The molecule has 1 saturated heterocycles. The molecule has 0 radical (unpaired) electrons. The number of nitrogens with one attached hydrogen (secondary N) is 2. The lowest BCUT2D eigenvalue weighted by Gasteiger charge is -2.32. The second-order valence-electron chi connectivity index (χ2n) is 4.89. The molecule has 0 spiro atoms. The summed E-state index contributed by atoms with van der Waals surface area (Å²) >= 11 is 3.42. The Balaban J connectivity index is 1.98. The van der Waals surface area contributed by atoms with Crippen molar-refractivity contribution in [1.29, 1.82) is 0 Å². The van der Waals surface area contributed by atoms with Crippen LogP contribution in [0.25, 0.3) is 0 Å². The second kappa shape index (κ2) is 6.26. The van der Waals surface area contributed by atoms with E-state index in [-0.39, 0.29) is 11.9 Å². The Kier molecular flexibility index (Phi) is 4.65. The highest BCUT2D eigenvalue weighted by Gasteiger charge is 2.28. The molecule has 1 fully saturated rings. The third-order valence-corrected chi connectivity index (χ3v) is 3.99. The van der Waals surface area contributed by atoms with Crippen LogP contribution in [0.2, 0.25) is 0 Å². The monoisotopic (exact) mass is 339 g/mol. The van der Waals surface area contributed by atoms with Gasteiger partial charge in [0.1, 0.15) is 6.04 Å². The average Bonchev–Trinajstić information content (AvgIpc) is 2.42. The van der Waals surface area contributed by atoms with E-state index in [4.69, 9.17) is 0 Å². The summed E-state index contributed by atoms with van der Waals surface area (Å²) < 4.78 is 0.984. The van der Waals surface area contributed by atoms with E-state index in [0.29, 0.717) is 19.6 Å². The van der Waals surface area contributed by atoms with Gasteiger partial charge in [-0.3, -0.25) is 4.79 Å². The Bertz CT molecular complexity index is 533. The molecule has 6 heteroatoms. The van der Waals surface area contributed by atoms with E-state index in [1.165, 1.54) is 0 Å². The molecule has 0 saturated carbocycles. The first kappa shape index (κ1) is 14.8. The van der Waals surface area contributed by atoms with Crippen LogP contribution < -0.4 is 10.6 Å². The molecule has 0 aliphatic carbocycles. The predicted octanol–water partition coefficient (Wildman–Crippen LogP) is 1.79. The summed E-state index contributed by atoms with van der Waals surface area (Å²) in [7, 11) is 0. The molecule has 0 aromatic heterocycles. The highest BCUT2D eigenvalue weighted by molar-refractivity contribution is 9.10. The Morgan fingerprint density at radius 3 is 3.05 bits per heavy atom. The van der Waals surface area contributed by atoms with Crippen molar-refractivity contribution >= 4 is 27.9 Å². The molecule has 2 rings (SSSR count). The quantitative estimate of drug-likeness (QED) is 0.862. The number of hydrogen-bond donors (Lipinski definition) is 2. The molecule has 1 atom stereocenters. The van der Waals surface area contributed by atoms with Gasteiger partial charge in [-0.15, -0.1) is 0 Å². The van der Waals surface area contributed by atoms with Crippen molar-refractivity contribution in [3.63, 3.8) is 0 Å². The number of rotatable bonds is 2. The van der Waals surface area contributed by atoms with Crippen LogP contribution in [0.15, 0.2) is 22.7 Å². The van der Waals surface area contributed by atoms with Crippen LogP contribution in [0.4, 0.5) is 4.79 Å². The first-order valence-electron chi connectivity index (χ1n) is 6.56. The molecule has 5 nitrogen and oxygen atoms in total. The van der Waals surface area contributed by atoms with E-state index in [1.54, 1.807) is 11.8 Å². The summed E-state index contributed by atoms with van der Waals surface area (Å²) in [4.78, 5) is 25.3. The first-order chi connectivity index (χ1) is 9.49. The van der Waals surface area contributed by atoms with Crippen molar-refractivity contribution in [3.8, 4) is 0 Å². The molecule has 108 valence electrons. The van der Waals surface area contributed by atoms with Crippen LogP contribution in [0.5, 0.6) is 0 Å². The van der Waals surface area contributed by atoms with Gasteiger partial charge in [-0.1, -0.05) is 22.0 Å². The largest absolute Gasteiger partial charge is 0.353 e. The lowest BCUT2D eigenvalue weighted by Crippen LogP contribution is -2.58. The zero-order valence-corrected chi connectivity index (χ0v) is 13.2. The summed E-state index contributed by atoms with van der Waals surface area (Å²) in [6.45, 7) is 5.24. The molecule has 2 N–H and O–H groups in total. The number of carbonyl (C=O) groups excluding carboxylic acids is 2. The van der Waals surface area contributed by atoms with Gasteiger partial charge in [0.2, 0.25) is 5.91 Å². The molecule has 1 aromatic rings. The minimum absolute atomic E-state index is 0.106. The maximum atomic E-state index is 12.1. The molecular formula is C14H18BrN3O2. The van der Waals surface area contributed by atoms with Crippen LogP contribution in [0, 0.1) is 6.92 Å². The van der Waals surface area contributed by atoms with Crippen molar-refractivity contribution in [2.75, 3.05) is 13.1 Å². The van der Waals surface area contributed by atoms with Gasteiger partial charge in [-0.05, 0) is 37.1 Å². The third-order valence-electron chi connectivity index (χ3n) is 3.50. The SMILES string of the molecule is Cc1ccc(Br)cc1CNC(=O)N1CCNC(=O)[C@H]1C. The van der Waals surface area contributed by atoms with Gasteiger partial charge in [0.05, 0.1) is 0 Å². The fraction of sp³-hybridized carbons (Fsp3) is 0.429. The topological polar surface area (TPSA) is 61.4 Å². The van der Waals surface area contributed by atoms with Crippen LogP contribution in [-0.4, -0.2) is 36.0 Å². The maximum absolute atomic E-state index is 12.1. The van der Waals surface area contributed by atoms with Crippen LogP contribution in [0.3, 0.4) is 0 Å². The van der Waals surface area contributed by atoms with Crippen molar-refractivity contribution < 1.29 is 9.59 Å². The molecular weight excluding hydrogens is 322 g/mol. The van der Waals surface area contributed by atoms with Crippen LogP contribution >= 0.6 is 15.9 Å². The van der Waals surface area contributed by atoms with Gasteiger partial charge in [0, 0.05) is 24.1 Å². The number of amides is 3. The fourth-order valence-corrected chi connectivity index (χ4v) is 2.57. The maximum Gasteiger partial charge on any atom is 0.318 e. The number of carbonyl (C=O) groups is 2. The number of aryl methyl sites for hydroxylation is 1. The highest BCUT2D eigenvalue weighted by atomic mass is 79.9. The summed E-state index contributed by atoms with van der Waals surface area (Å²) in [5.41, 5.74) is 2.18. The summed E-state index contributed by atoms with van der Waals surface area (Å²) in [5.74, 6) is -0.106. The summed E-state index contributed by atoms with van der Waals surface area (Å²) in [6.07, 6.45) is 0. The standard InChI is InChI=1S/C14H18BrN3O2/c1-9-3-4-12(15)7-11(9)8-17-14(20)18-6-5-16-13(19)10(18)2/h3-4,7,10H,5-6,8H2,1-2H3,(H,16,19)(H,17,20)/t10-/m1/s1. The van der Waals surface area contributed by atoms with Gasteiger partial charge in [-0.25, -0.2) is 4.79 Å². The predicted molar refractivity (Wildman–Crippen MR) is 80.3 cm³/mol. The van der Waals surface area contributed by atoms with E-state index < -0.39 is 6.04 Å². The highest BCUT2D eigenvalue weighted by Crippen LogP contribution is 2.16. The van der Waals surface area contributed by atoms with Crippen molar-refractivity contribution in [1.82, 2.24) is 15.5 Å². The summed E-state index contributed by atoms with van der Waals surface area (Å²) in [6, 6.07) is 5.33. The lowest BCUT2D eigenvalue weighted by molar-refractivity contribution is -0.126. The van der Waals surface area contributed by atoms with E-state index >= 15 is 0 Å². The number of nitrogens with zero attached hydrogens (tertiary/aromatic N) is 1. The van der Waals surface area contributed by atoms with Crippen molar-refractivity contribution in [2.24, 2.45) is 0 Å². The Morgan fingerprint density at radius 1 is 1.55 bits per heavy atom. The smallest absolute Gasteiger partial charge is 0.318 e. The normalized spacial score (nSPS) is 18.6. The number of benzene rings is 1. The molecule has 1 heterocycles. The van der Waals surface area contributed by atoms with E-state index in [9.17, 15) is 9.59 Å². The second-order valence-corrected chi connectivity index (χ2v) is 5.81. The zero-order chi connectivity index (χ0) is 14.7. The molecule has 3 amide bonds. The molecule has 0 unspecified atom stereocenters. The molecule has 1 aliphatic heterocycles. The van der Waals surface area contributed by atoms with E-state index in [0.717, 1.165) is 15.6 Å². The van der Waals surface area contributed by atoms with Crippen LogP contribution in [-0.2, 0) is 11.3 Å². The molecule has 1 aliphatic rings. The summed E-state index contributed by atoms with van der Waals surface area (Å²) in [5, 5.41) is 5.61.